The van der Waals surface area contributed by atoms with Crippen LogP contribution in [0.25, 0.3) is 22.4 Å². The number of para-hydroxylation sites is 1. The van der Waals surface area contributed by atoms with Crippen LogP contribution in [0.4, 0.5) is 5.69 Å². The molecule has 2 N–H and O–H groups in total. The number of methoxy groups -OCH3 is 1. The first-order valence-electron chi connectivity index (χ1n) is 8.83. The number of nitrogens with one attached hydrogen (secondary N) is 2. The molecule has 0 unspecified atom stereocenters. The van der Waals surface area contributed by atoms with E-state index in [0.717, 1.165) is 5.52 Å². The van der Waals surface area contributed by atoms with E-state index in [4.69, 9.17) is 16.3 Å². The number of esters is 1. The minimum absolute atomic E-state index is 0.0261. The maximum atomic E-state index is 13.0. The highest BCUT2D eigenvalue weighted by atomic mass is 35.5. The molecule has 4 rings (SSSR count). The Balaban J connectivity index is 1.70. The summed E-state index contributed by atoms with van der Waals surface area (Å²) in [6.07, 6.45) is 0. The molecule has 1 heterocycles. The number of fused-ring (bicyclic) bond motifs is 1. The first-order chi connectivity index (χ1) is 14.4. The molecule has 30 heavy (non-hydrogen) atoms. The monoisotopic (exact) mass is 441 g/mol. The summed E-state index contributed by atoms with van der Waals surface area (Å²) >= 11 is 6.01. The number of hydrogen-bond acceptors (Lipinski definition) is 5. The van der Waals surface area contributed by atoms with Gasteiger partial charge >= 0.3 is 5.97 Å². The van der Waals surface area contributed by atoms with Crippen LogP contribution in [0, 0.1) is 0 Å². The van der Waals surface area contributed by atoms with Crippen LogP contribution in [-0.4, -0.2) is 31.5 Å². The Morgan fingerprint density at radius 2 is 1.87 bits per heavy atom. The minimum Gasteiger partial charge on any atom is -0.465 e. The van der Waals surface area contributed by atoms with E-state index in [0.29, 0.717) is 21.9 Å². The fourth-order valence-corrected chi connectivity index (χ4v) is 4.29. The van der Waals surface area contributed by atoms with Crippen molar-refractivity contribution in [1.29, 1.82) is 0 Å². The number of carbonyl (C=O) groups excluding carboxylic acids is 1. The number of benzene rings is 3. The first-order valence-corrected chi connectivity index (χ1v) is 10.7. The number of hydrogen-bond donors (Lipinski definition) is 2. The maximum absolute atomic E-state index is 13.0. The number of sulfonamides is 1. The molecule has 0 radical (unpaired) electrons. The smallest absolute Gasteiger partial charge is 0.339 e. The van der Waals surface area contributed by atoms with Gasteiger partial charge in [-0.05, 0) is 42.5 Å². The van der Waals surface area contributed by atoms with E-state index in [2.05, 4.69) is 14.7 Å². The summed E-state index contributed by atoms with van der Waals surface area (Å²) < 4.78 is 33.1. The molecule has 0 fully saturated rings. The maximum Gasteiger partial charge on any atom is 0.339 e. The number of ether oxygens (including phenoxy) is 1. The number of halogens is 1. The minimum atomic E-state index is -3.97. The molecule has 7 nitrogen and oxygen atoms in total. The van der Waals surface area contributed by atoms with Gasteiger partial charge in [0, 0.05) is 10.6 Å². The number of carbonyl (C=O) groups is 1. The van der Waals surface area contributed by atoms with Crippen LogP contribution >= 0.6 is 11.6 Å². The lowest BCUT2D eigenvalue weighted by molar-refractivity contribution is 0.0602. The number of aromatic nitrogens is 2. The van der Waals surface area contributed by atoms with Gasteiger partial charge in [-0.15, -0.1) is 0 Å². The summed E-state index contributed by atoms with van der Waals surface area (Å²) in [5.74, 6) is -0.123. The third-order valence-electron chi connectivity index (χ3n) is 4.44. The number of H-pyrrole nitrogens is 1. The van der Waals surface area contributed by atoms with E-state index in [1.807, 2.05) is 0 Å². The average Bonchev–Trinajstić information content (AvgIpc) is 3.16. The Morgan fingerprint density at radius 3 is 2.67 bits per heavy atom. The standard InChI is InChI=1S/C21H16ClN3O4S/c1-29-21(26)16-7-2-3-8-17(16)25-30(27,28)15-6-4-5-13(11-15)20-23-18-10-9-14(22)12-19(18)24-20/h2-12,25H,1H3,(H,23,24). The van der Waals surface area contributed by atoms with Crippen molar-refractivity contribution in [3.8, 4) is 11.4 Å². The number of imidazole rings is 1. The van der Waals surface area contributed by atoms with Gasteiger partial charge in [-0.2, -0.15) is 0 Å². The topological polar surface area (TPSA) is 101 Å². The fourth-order valence-electron chi connectivity index (χ4n) is 2.99. The van der Waals surface area contributed by atoms with Crippen molar-refractivity contribution < 1.29 is 17.9 Å². The van der Waals surface area contributed by atoms with Gasteiger partial charge in [-0.3, -0.25) is 4.72 Å². The van der Waals surface area contributed by atoms with Crippen molar-refractivity contribution in [1.82, 2.24) is 9.97 Å². The molecular formula is C21H16ClN3O4S. The molecule has 0 amide bonds. The second-order valence-electron chi connectivity index (χ2n) is 6.42. The molecule has 3 aromatic carbocycles. The summed E-state index contributed by atoms with van der Waals surface area (Å²) in [7, 11) is -2.73. The van der Waals surface area contributed by atoms with Crippen molar-refractivity contribution in [2.24, 2.45) is 0 Å². The highest BCUT2D eigenvalue weighted by Crippen LogP contribution is 2.26. The molecule has 0 saturated carbocycles. The highest BCUT2D eigenvalue weighted by Gasteiger charge is 2.20. The van der Waals surface area contributed by atoms with Gasteiger partial charge in [0.1, 0.15) is 5.82 Å². The molecule has 0 aliphatic carbocycles. The second kappa shape index (κ2) is 7.81. The van der Waals surface area contributed by atoms with Gasteiger partial charge in [0.25, 0.3) is 10.0 Å². The van der Waals surface area contributed by atoms with Gasteiger partial charge in [0.05, 0.1) is 34.3 Å². The average molecular weight is 442 g/mol. The Hall–Kier alpha value is -3.36. The normalized spacial score (nSPS) is 11.4. The molecule has 0 atom stereocenters. The lowest BCUT2D eigenvalue weighted by Gasteiger charge is -2.12. The molecule has 1 aromatic heterocycles. The van der Waals surface area contributed by atoms with Crippen LogP contribution in [0.5, 0.6) is 0 Å². The van der Waals surface area contributed by atoms with Crippen molar-refractivity contribution in [3.05, 3.63) is 77.3 Å². The Kier molecular flexibility index (Phi) is 5.19. The zero-order chi connectivity index (χ0) is 21.3. The lowest BCUT2D eigenvalue weighted by atomic mass is 10.2. The van der Waals surface area contributed by atoms with E-state index in [-0.39, 0.29) is 16.1 Å². The highest BCUT2D eigenvalue weighted by molar-refractivity contribution is 7.92. The van der Waals surface area contributed by atoms with Gasteiger partial charge < -0.3 is 9.72 Å². The summed E-state index contributed by atoms with van der Waals surface area (Å²) in [5, 5.41) is 0.572. The number of anilines is 1. The quantitative estimate of drug-likeness (QED) is 0.445. The van der Waals surface area contributed by atoms with E-state index in [9.17, 15) is 13.2 Å². The summed E-state index contributed by atoms with van der Waals surface area (Å²) in [4.78, 5) is 19.6. The molecule has 0 aliphatic rings. The molecule has 0 aliphatic heterocycles. The predicted molar refractivity (Wildman–Crippen MR) is 115 cm³/mol. The largest absolute Gasteiger partial charge is 0.465 e. The Labute approximate surface area is 177 Å². The summed E-state index contributed by atoms with van der Waals surface area (Å²) in [6.45, 7) is 0. The van der Waals surface area contributed by atoms with Crippen LogP contribution in [0.15, 0.2) is 71.6 Å². The zero-order valence-corrected chi connectivity index (χ0v) is 17.3. The van der Waals surface area contributed by atoms with E-state index < -0.39 is 16.0 Å². The molecule has 152 valence electrons. The Bertz CT molecular complexity index is 1370. The molecule has 0 saturated heterocycles. The second-order valence-corrected chi connectivity index (χ2v) is 8.54. The third-order valence-corrected chi connectivity index (χ3v) is 6.04. The van der Waals surface area contributed by atoms with Crippen molar-refractivity contribution >= 4 is 44.3 Å². The van der Waals surface area contributed by atoms with Crippen LogP contribution in [0.1, 0.15) is 10.4 Å². The van der Waals surface area contributed by atoms with Crippen LogP contribution in [-0.2, 0) is 14.8 Å². The van der Waals surface area contributed by atoms with Gasteiger partial charge in [0.2, 0.25) is 0 Å². The van der Waals surface area contributed by atoms with E-state index >= 15 is 0 Å². The molecular weight excluding hydrogens is 426 g/mol. The first kappa shape index (κ1) is 19.9. The summed E-state index contributed by atoms with van der Waals surface area (Å²) in [5.41, 5.74) is 2.30. The molecule has 4 aromatic rings. The number of aromatic amines is 1. The van der Waals surface area contributed by atoms with Crippen molar-refractivity contribution in [3.63, 3.8) is 0 Å². The van der Waals surface area contributed by atoms with E-state index in [1.165, 1.54) is 31.4 Å². The fraction of sp³-hybridized carbons (Fsp3) is 0.0476. The van der Waals surface area contributed by atoms with Gasteiger partial charge in [0.15, 0.2) is 0 Å². The lowest BCUT2D eigenvalue weighted by Crippen LogP contribution is -2.16. The van der Waals surface area contributed by atoms with Crippen molar-refractivity contribution in [2.75, 3.05) is 11.8 Å². The predicted octanol–water partition coefficient (Wildman–Crippen LogP) is 4.47. The zero-order valence-electron chi connectivity index (χ0n) is 15.7. The molecule has 0 bridgehead atoms. The Morgan fingerprint density at radius 1 is 1.07 bits per heavy atom. The number of rotatable bonds is 5. The molecule has 9 heteroatoms. The van der Waals surface area contributed by atoms with Crippen molar-refractivity contribution in [2.45, 2.75) is 4.90 Å². The van der Waals surface area contributed by atoms with Crippen LogP contribution in [0.3, 0.4) is 0 Å². The number of nitrogens with zero attached hydrogens (tertiary/aromatic N) is 1. The molecule has 0 spiro atoms. The third kappa shape index (κ3) is 3.87. The SMILES string of the molecule is COC(=O)c1ccccc1NS(=O)(=O)c1cccc(-c2nc3ccc(Cl)cc3[nH]2)c1. The van der Waals surface area contributed by atoms with Gasteiger partial charge in [-0.25, -0.2) is 18.2 Å². The summed E-state index contributed by atoms with van der Waals surface area (Å²) in [6, 6.07) is 17.8. The van der Waals surface area contributed by atoms with Crippen LogP contribution < -0.4 is 4.72 Å². The van der Waals surface area contributed by atoms with Gasteiger partial charge in [-0.1, -0.05) is 35.9 Å². The van der Waals surface area contributed by atoms with E-state index in [1.54, 1.807) is 42.5 Å². The van der Waals surface area contributed by atoms with Crippen LogP contribution in [0.2, 0.25) is 5.02 Å².